The maximum Gasteiger partial charge on any atom is 0.454 e. The van der Waals surface area contributed by atoms with Crippen molar-refractivity contribution in [2.75, 3.05) is 13.7 Å². The van der Waals surface area contributed by atoms with Gasteiger partial charge in [0.25, 0.3) is 5.78 Å². The molecule has 0 aliphatic carbocycles. The van der Waals surface area contributed by atoms with E-state index in [1.807, 2.05) is 0 Å². The minimum Gasteiger partial charge on any atom is -0.383 e. The van der Waals surface area contributed by atoms with Crippen LogP contribution in [0, 0.1) is 0 Å². The molecular formula is C9H10F3NO2. The number of nitrogens with zero attached hydrogens (tertiary/aromatic N) is 1. The van der Waals surface area contributed by atoms with E-state index in [0.717, 1.165) is 12.3 Å². The van der Waals surface area contributed by atoms with Crippen LogP contribution in [0.25, 0.3) is 0 Å². The van der Waals surface area contributed by atoms with Crippen LogP contribution < -0.4 is 0 Å². The van der Waals surface area contributed by atoms with Gasteiger partial charge in [-0.25, -0.2) is 0 Å². The SMILES string of the molecule is COCCn1ccc(C(=O)C(F)(F)F)c1. The van der Waals surface area contributed by atoms with Crippen LogP contribution in [-0.4, -0.2) is 30.2 Å². The molecule has 0 radical (unpaired) electrons. The summed E-state index contributed by atoms with van der Waals surface area (Å²) in [5.41, 5.74) is -0.349. The Morgan fingerprint density at radius 1 is 1.53 bits per heavy atom. The summed E-state index contributed by atoms with van der Waals surface area (Å²) in [5, 5.41) is 0. The predicted molar refractivity (Wildman–Crippen MR) is 46.7 cm³/mol. The summed E-state index contributed by atoms with van der Waals surface area (Å²) < 4.78 is 42.3. The zero-order valence-corrected chi connectivity index (χ0v) is 8.04. The van der Waals surface area contributed by atoms with Gasteiger partial charge in [0.2, 0.25) is 0 Å². The van der Waals surface area contributed by atoms with Crippen molar-refractivity contribution in [2.24, 2.45) is 0 Å². The van der Waals surface area contributed by atoms with Crippen molar-refractivity contribution in [3.8, 4) is 0 Å². The number of aromatic nitrogens is 1. The molecule has 0 spiro atoms. The smallest absolute Gasteiger partial charge is 0.383 e. The highest BCUT2D eigenvalue weighted by Gasteiger charge is 2.39. The maximum absolute atomic E-state index is 12.0. The Labute approximate surface area is 84.4 Å². The first-order valence-electron chi connectivity index (χ1n) is 4.21. The van der Waals surface area contributed by atoms with Gasteiger partial charge in [-0.2, -0.15) is 13.2 Å². The molecule has 3 nitrogen and oxygen atoms in total. The minimum atomic E-state index is -4.81. The van der Waals surface area contributed by atoms with Crippen molar-refractivity contribution in [3.05, 3.63) is 24.0 Å². The predicted octanol–water partition coefficient (Wildman–Crippen LogP) is 1.88. The summed E-state index contributed by atoms with van der Waals surface area (Å²) in [6, 6.07) is 1.14. The minimum absolute atomic E-state index is 0.349. The second kappa shape index (κ2) is 4.48. The van der Waals surface area contributed by atoms with Gasteiger partial charge in [0.1, 0.15) is 0 Å². The first kappa shape index (κ1) is 11.8. The standard InChI is InChI=1S/C9H10F3NO2/c1-15-5-4-13-3-2-7(6-13)8(14)9(10,11)12/h2-3,6H,4-5H2,1H3. The van der Waals surface area contributed by atoms with Gasteiger partial charge >= 0.3 is 6.18 Å². The number of halogens is 3. The van der Waals surface area contributed by atoms with Crippen LogP contribution in [0.3, 0.4) is 0 Å². The lowest BCUT2D eigenvalue weighted by Crippen LogP contribution is -2.22. The van der Waals surface area contributed by atoms with Gasteiger partial charge in [0.05, 0.1) is 6.61 Å². The molecule has 84 valence electrons. The first-order chi connectivity index (χ1) is 6.95. The molecule has 0 unspecified atom stereocenters. The number of Topliss-reactive ketones (excluding diaryl/α,β-unsaturated/α-hetero) is 1. The zero-order chi connectivity index (χ0) is 11.5. The Morgan fingerprint density at radius 3 is 2.73 bits per heavy atom. The van der Waals surface area contributed by atoms with Gasteiger partial charge in [0, 0.05) is 31.6 Å². The number of hydrogen-bond donors (Lipinski definition) is 0. The molecule has 0 aliphatic rings. The van der Waals surface area contributed by atoms with Crippen molar-refractivity contribution < 1.29 is 22.7 Å². The zero-order valence-electron chi connectivity index (χ0n) is 8.04. The van der Waals surface area contributed by atoms with Crippen LogP contribution in [0.5, 0.6) is 0 Å². The lowest BCUT2D eigenvalue weighted by atomic mass is 10.2. The van der Waals surface area contributed by atoms with Crippen LogP contribution >= 0.6 is 0 Å². The third-order valence-corrected chi connectivity index (χ3v) is 1.82. The van der Waals surface area contributed by atoms with Crippen LogP contribution in [-0.2, 0) is 11.3 Å². The highest BCUT2D eigenvalue weighted by Crippen LogP contribution is 2.21. The van der Waals surface area contributed by atoms with E-state index in [1.165, 1.54) is 17.9 Å². The Balaban J connectivity index is 2.72. The highest BCUT2D eigenvalue weighted by molar-refractivity contribution is 6.00. The molecule has 0 aromatic carbocycles. The van der Waals surface area contributed by atoms with E-state index in [9.17, 15) is 18.0 Å². The maximum atomic E-state index is 12.0. The number of ketones is 1. The Kier molecular flexibility index (Phi) is 3.52. The molecule has 0 atom stereocenters. The normalized spacial score (nSPS) is 11.7. The largest absolute Gasteiger partial charge is 0.454 e. The lowest BCUT2D eigenvalue weighted by Gasteiger charge is -2.02. The number of alkyl halides is 3. The van der Waals surface area contributed by atoms with E-state index < -0.39 is 12.0 Å². The molecule has 0 amide bonds. The molecule has 6 heteroatoms. The molecule has 0 saturated carbocycles. The van der Waals surface area contributed by atoms with Crippen LogP contribution in [0.2, 0.25) is 0 Å². The molecule has 1 heterocycles. The quantitative estimate of drug-likeness (QED) is 0.727. The fourth-order valence-electron chi connectivity index (χ4n) is 1.07. The topological polar surface area (TPSA) is 31.2 Å². The van der Waals surface area contributed by atoms with Crippen molar-refractivity contribution >= 4 is 5.78 Å². The molecule has 0 bridgehead atoms. The summed E-state index contributed by atoms with van der Waals surface area (Å²) in [6.07, 6.45) is -2.24. The van der Waals surface area contributed by atoms with E-state index in [-0.39, 0.29) is 5.56 Å². The second-order valence-corrected chi connectivity index (χ2v) is 2.96. The third kappa shape index (κ3) is 3.09. The van der Waals surface area contributed by atoms with Crippen molar-refractivity contribution in [1.29, 1.82) is 0 Å². The van der Waals surface area contributed by atoms with Gasteiger partial charge in [0.15, 0.2) is 0 Å². The monoisotopic (exact) mass is 221 g/mol. The highest BCUT2D eigenvalue weighted by atomic mass is 19.4. The van der Waals surface area contributed by atoms with E-state index in [0.29, 0.717) is 13.2 Å². The average Bonchev–Trinajstić information content (AvgIpc) is 2.60. The van der Waals surface area contributed by atoms with E-state index in [1.54, 1.807) is 0 Å². The molecule has 0 saturated heterocycles. The average molecular weight is 221 g/mol. The summed E-state index contributed by atoms with van der Waals surface area (Å²) in [5.74, 6) is -1.82. The summed E-state index contributed by atoms with van der Waals surface area (Å²) >= 11 is 0. The fourth-order valence-corrected chi connectivity index (χ4v) is 1.07. The van der Waals surface area contributed by atoms with E-state index in [4.69, 9.17) is 4.74 Å². The van der Waals surface area contributed by atoms with Gasteiger partial charge in [-0.15, -0.1) is 0 Å². The molecule has 1 aromatic rings. The summed E-state index contributed by atoms with van der Waals surface area (Å²) in [6.45, 7) is 0.802. The molecule has 0 aliphatic heterocycles. The van der Waals surface area contributed by atoms with Crippen LogP contribution in [0.1, 0.15) is 10.4 Å². The van der Waals surface area contributed by atoms with Gasteiger partial charge in [-0.05, 0) is 6.07 Å². The first-order valence-corrected chi connectivity index (χ1v) is 4.21. The van der Waals surface area contributed by atoms with Crippen molar-refractivity contribution in [2.45, 2.75) is 12.7 Å². The Morgan fingerprint density at radius 2 is 2.20 bits per heavy atom. The second-order valence-electron chi connectivity index (χ2n) is 2.96. The van der Waals surface area contributed by atoms with Gasteiger partial charge in [-0.1, -0.05) is 0 Å². The van der Waals surface area contributed by atoms with Crippen LogP contribution in [0.15, 0.2) is 18.5 Å². The molecule has 15 heavy (non-hydrogen) atoms. The summed E-state index contributed by atoms with van der Waals surface area (Å²) in [4.78, 5) is 10.8. The number of ether oxygens (including phenoxy) is 1. The molecule has 1 rings (SSSR count). The molecule has 1 aromatic heterocycles. The van der Waals surface area contributed by atoms with Gasteiger partial charge in [-0.3, -0.25) is 4.79 Å². The number of carbonyl (C=O) groups is 1. The Hall–Kier alpha value is -1.30. The number of hydrogen-bond acceptors (Lipinski definition) is 2. The molecule has 0 fully saturated rings. The Bertz CT molecular complexity index is 343. The van der Waals surface area contributed by atoms with Crippen molar-refractivity contribution in [3.63, 3.8) is 0 Å². The number of carbonyl (C=O) groups excluding carboxylic acids is 1. The lowest BCUT2D eigenvalue weighted by molar-refractivity contribution is -0.0885. The van der Waals surface area contributed by atoms with Gasteiger partial charge < -0.3 is 9.30 Å². The number of methoxy groups -OCH3 is 1. The van der Waals surface area contributed by atoms with Crippen molar-refractivity contribution in [1.82, 2.24) is 4.57 Å². The third-order valence-electron chi connectivity index (χ3n) is 1.82. The summed E-state index contributed by atoms with van der Waals surface area (Å²) in [7, 11) is 1.49. The van der Waals surface area contributed by atoms with E-state index in [2.05, 4.69) is 0 Å². The van der Waals surface area contributed by atoms with Crippen LogP contribution in [0.4, 0.5) is 13.2 Å². The number of rotatable bonds is 4. The molecule has 0 N–H and O–H groups in total. The molecular weight excluding hydrogens is 211 g/mol. The fraction of sp³-hybridized carbons (Fsp3) is 0.444. The van der Waals surface area contributed by atoms with E-state index >= 15 is 0 Å².